The predicted octanol–water partition coefficient (Wildman–Crippen LogP) is 1.12. The van der Waals surface area contributed by atoms with Crippen LogP contribution in [0.4, 0.5) is 10.1 Å². The van der Waals surface area contributed by atoms with Crippen LogP contribution >= 0.6 is 0 Å². The van der Waals surface area contributed by atoms with Gasteiger partial charge in [-0.3, -0.25) is 9.00 Å². The van der Waals surface area contributed by atoms with E-state index in [9.17, 15) is 13.4 Å². The first-order chi connectivity index (χ1) is 8.61. The van der Waals surface area contributed by atoms with E-state index in [2.05, 4.69) is 10.6 Å². The fraction of sp³-hybridized carbons (Fsp3) is 0.417. The molecular formula is C12H17FN2O2S. The molecule has 0 saturated carbocycles. The summed E-state index contributed by atoms with van der Waals surface area (Å²) in [5.41, 5.74) is 0.430. The molecule has 1 atom stereocenters. The fourth-order valence-corrected chi connectivity index (χ4v) is 1.96. The lowest BCUT2D eigenvalue weighted by Crippen LogP contribution is -2.30. The van der Waals surface area contributed by atoms with Gasteiger partial charge in [-0.2, -0.15) is 0 Å². The molecule has 0 aliphatic rings. The van der Waals surface area contributed by atoms with Gasteiger partial charge < -0.3 is 10.6 Å². The summed E-state index contributed by atoms with van der Waals surface area (Å²) < 4.78 is 24.0. The van der Waals surface area contributed by atoms with E-state index in [1.54, 1.807) is 6.07 Å². The quantitative estimate of drug-likeness (QED) is 0.731. The molecule has 0 spiro atoms. The molecule has 0 aromatic heterocycles. The van der Waals surface area contributed by atoms with E-state index in [0.717, 1.165) is 0 Å². The van der Waals surface area contributed by atoms with Gasteiger partial charge in [0, 0.05) is 34.5 Å². The fourth-order valence-electron chi connectivity index (χ4n) is 1.30. The molecule has 4 nitrogen and oxygen atoms in total. The van der Waals surface area contributed by atoms with Crippen LogP contribution in [0.5, 0.6) is 0 Å². The standard InChI is InChI=1S/C12H17FN2O2S/c1-2-18(17)7-6-14-9-12(16)15-11-5-3-4-10(13)8-11/h3-5,8,14H,2,6-7,9H2,1H3,(H,15,16). The third-order valence-electron chi connectivity index (χ3n) is 2.22. The van der Waals surface area contributed by atoms with E-state index in [4.69, 9.17) is 0 Å². The monoisotopic (exact) mass is 272 g/mol. The largest absolute Gasteiger partial charge is 0.325 e. The zero-order valence-electron chi connectivity index (χ0n) is 10.2. The lowest BCUT2D eigenvalue weighted by atomic mass is 10.3. The van der Waals surface area contributed by atoms with Crippen molar-refractivity contribution < 1.29 is 13.4 Å². The number of carbonyl (C=O) groups is 1. The minimum Gasteiger partial charge on any atom is -0.325 e. The molecule has 0 bridgehead atoms. The predicted molar refractivity (Wildman–Crippen MR) is 71.4 cm³/mol. The molecule has 0 saturated heterocycles. The van der Waals surface area contributed by atoms with Gasteiger partial charge in [-0.15, -0.1) is 0 Å². The number of nitrogens with one attached hydrogen (secondary N) is 2. The van der Waals surface area contributed by atoms with Crippen molar-refractivity contribution in [3.63, 3.8) is 0 Å². The molecule has 0 heterocycles. The number of rotatable bonds is 7. The Labute approximate surface area is 108 Å². The highest BCUT2D eigenvalue weighted by atomic mass is 32.2. The van der Waals surface area contributed by atoms with Gasteiger partial charge in [-0.1, -0.05) is 13.0 Å². The summed E-state index contributed by atoms with van der Waals surface area (Å²) in [5.74, 6) is 0.517. The number of carbonyl (C=O) groups excluding carboxylic acids is 1. The van der Waals surface area contributed by atoms with Crippen molar-refractivity contribution in [2.45, 2.75) is 6.92 Å². The molecule has 18 heavy (non-hydrogen) atoms. The van der Waals surface area contributed by atoms with E-state index >= 15 is 0 Å². The summed E-state index contributed by atoms with van der Waals surface area (Å²) in [7, 11) is -0.827. The van der Waals surface area contributed by atoms with Crippen molar-refractivity contribution in [2.75, 3.05) is 29.9 Å². The number of hydrogen-bond donors (Lipinski definition) is 2. The highest BCUT2D eigenvalue weighted by Gasteiger charge is 2.03. The summed E-state index contributed by atoms with van der Waals surface area (Å²) in [6.45, 7) is 2.50. The topological polar surface area (TPSA) is 58.2 Å². The second-order valence-electron chi connectivity index (χ2n) is 3.67. The van der Waals surface area contributed by atoms with Crippen molar-refractivity contribution in [1.29, 1.82) is 0 Å². The number of amides is 1. The lowest BCUT2D eigenvalue weighted by molar-refractivity contribution is -0.115. The first-order valence-electron chi connectivity index (χ1n) is 5.73. The summed E-state index contributed by atoms with van der Waals surface area (Å²) in [4.78, 5) is 11.5. The third kappa shape index (κ3) is 5.88. The van der Waals surface area contributed by atoms with Crippen molar-refractivity contribution in [1.82, 2.24) is 5.32 Å². The molecule has 1 aromatic carbocycles. The molecule has 0 fully saturated rings. The first kappa shape index (κ1) is 14.8. The van der Waals surface area contributed by atoms with Gasteiger partial charge in [0.05, 0.1) is 6.54 Å². The Morgan fingerprint density at radius 1 is 1.44 bits per heavy atom. The van der Waals surface area contributed by atoms with Gasteiger partial charge in [-0.25, -0.2) is 4.39 Å². The lowest BCUT2D eigenvalue weighted by Gasteiger charge is -2.06. The van der Waals surface area contributed by atoms with Crippen molar-refractivity contribution in [3.05, 3.63) is 30.1 Å². The molecular weight excluding hydrogens is 255 g/mol. The Morgan fingerprint density at radius 2 is 2.22 bits per heavy atom. The van der Waals surface area contributed by atoms with Gasteiger partial charge in [0.2, 0.25) is 5.91 Å². The Bertz CT molecular complexity index is 426. The second-order valence-corrected chi connectivity index (χ2v) is 5.53. The molecule has 100 valence electrons. The zero-order valence-corrected chi connectivity index (χ0v) is 11.1. The summed E-state index contributed by atoms with van der Waals surface area (Å²) in [6, 6.07) is 5.72. The zero-order chi connectivity index (χ0) is 13.4. The van der Waals surface area contributed by atoms with Crippen molar-refractivity contribution >= 4 is 22.4 Å². The molecule has 1 rings (SSSR count). The van der Waals surface area contributed by atoms with Crippen LogP contribution in [-0.2, 0) is 15.6 Å². The average molecular weight is 272 g/mol. The molecule has 0 aliphatic carbocycles. The van der Waals surface area contributed by atoms with Crippen molar-refractivity contribution in [3.8, 4) is 0 Å². The van der Waals surface area contributed by atoms with Gasteiger partial charge in [0.25, 0.3) is 0 Å². The molecule has 0 aliphatic heterocycles. The van der Waals surface area contributed by atoms with Crippen LogP contribution in [0, 0.1) is 5.82 Å². The van der Waals surface area contributed by atoms with Crippen LogP contribution in [0.25, 0.3) is 0 Å². The SMILES string of the molecule is CCS(=O)CCNCC(=O)Nc1cccc(F)c1. The van der Waals surface area contributed by atoms with Crippen LogP contribution in [0.2, 0.25) is 0 Å². The van der Waals surface area contributed by atoms with Gasteiger partial charge in [0.15, 0.2) is 0 Å². The van der Waals surface area contributed by atoms with Crippen LogP contribution in [0.15, 0.2) is 24.3 Å². The first-order valence-corrected chi connectivity index (χ1v) is 7.21. The smallest absolute Gasteiger partial charge is 0.238 e. The summed E-state index contributed by atoms with van der Waals surface area (Å²) in [6.07, 6.45) is 0. The van der Waals surface area contributed by atoms with Gasteiger partial charge in [0.1, 0.15) is 5.82 Å². The number of halogens is 1. The maximum atomic E-state index is 12.9. The Morgan fingerprint density at radius 3 is 2.89 bits per heavy atom. The molecule has 1 aromatic rings. The Hall–Kier alpha value is -1.27. The number of hydrogen-bond acceptors (Lipinski definition) is 3. The third-order valence-corrected chi connectivity index (χ3v) is 3.53. The van der Waals surface area contributed by atoms with Crippen LogP contribution < -0.4 is 10.6 Å². The Kier molecular flexibility index (Phi) is 6.53. The average Bonchev–Trinajstić information content (AvgIpc) is 2.34. The van der Waals surface area contributed by atoms with E-state index in [1.165, 1.54) is 18.2 Å². The van der Waals surface area contributed by atoms with Crippen LogP contribution in [0.3, 0.4) is 0 Å². The minimum absolute atomic E-state index is 0.122. The molecule has 1 unspecified atom stereocenters. The maximum Gasteiger partial charge on any atom is 0.238 e. The van der Waals surface area contributed by atoms with Gasteiger partial charge >= 0.3 is 0 Å². The Balaban J connectivity index is 2.24. The summed E-state index contributed by atoms with van der Waals surface area (Å²) >= 11 is 0. The molecule has 0 radical (unpaired) electrons. The van der Waals surface area contributed by atoms with Crippen LogP contribution in [0.1, 0.15) is 6.92 Å². The molecule has 2 N–H and O–H groups in total. The summed E-state index contributed by atoms with van der Waals surface area (Å²) in [5, 5.41) is 5.45. The number of benzene rings is 1. The highest BCUT2D eigenvalue weighted by Crippen LogP contribution is 2.08. The molecule has 1 amide bonds. The van der Waals surface area contributed by atoms with E-state index in [-0.39, 0.29) is 18.3 Å². The van der Waals surface area contributed by atoms with E-state index in [1.807, 2.05) is 6.92 Å². The van der Waals surface area contributed by atoms with Crippen molar-refractivity contribution in [2.24, 2.45) is 0 Å². The number of anilines is 1. The second kappa shape index (κ2) is 7.94. The van der Waals surface area contributed by atoms with E-state index in [0.29, 0.717) is 23.7 Å². The normalized spacial score (nSPS) is 12.1. The highest BCUT2D eigenvalue weighted by molar-refractivity contribution is 7.84. The van der Waals surface area contributed by atoms with E-state index < -0.39 is 10.8 Å². The maximum absolute atomic E-state index is 12.9. The van der Waals surface area contributed by atoms with Crippen LogP contribution in [-0.4, -0.2) is 34.7 Å². The molecule has 6 heteroatoms. The van der Waals surface area contributed by atoms with Gasteiger partial charge in [-0.05, 0) is 18.2 Å². The minimum atomic E-state index is -0.827.